The number of esters is 1. The molecule has 0 radical (unpaired) electrons. The number of aryl methyl sites for hydroxylation is 1. The summed E-state index contributed by atoms with van der Waals surface area (Å²) in [6.07, 6.45) is 0. The van der Waals surface area contributed by atoms with Crippen molar-refractivity contribution in [2.75, 3.05) is 11.9 Å². The zero-order valence-corrected chi connectivity index (χ0v) is 17.9. The van der Waals surface area contributed by atoms with Crippen LogP contribution in [0.15, 0.2) is 39.9 Å². The van der Waals surface area contributed by atoms with Crippen molar-refractivity contribution in [3.05, 3.63) is 51.4 Å². The number of nitrogens with zero attached hydrogens (tertiary/aromatic N) is 3. The van der Waals surface area contributed by atoms with Crippen molar-refractivity contribution in [2.45, 2.75) is 20.8 Å². The lowest BCUT2D eigenvalue weighted by molar-refractivity contribution is -0.113. The number of azo groups is 1. The van der Waals surface area contributed by atoms with E-state index in [4.69, 9.17) is 4.74 Å². The first kappa shape index (κ1) is 24.1. The topological polar surface area (TPSA) is 188 Å². The second kappa shape index (κ2) is 10.3. The van der Waals surface area contributed by atoms with E-state index < -0.39 is 52.1 Å². The number of carboxylic acid groups (broad SMARTS) is 2. The van der Waals surface area contributed by atoms with Crippen molar-refractivity contribution < 1.29 is 39.2 Å². The summed E-state index contributed by atoms with van der Waals surface area (Å²) < 4.78 is 4.90. The number of hydrogen-bond donors (Lipinski definition) is 4. The van der Waals surface area contributed by atoms with Crippen LogP contribution < -0.4 is 5.32 Å². The summed E-state index contributed by atoms with van der Waals surface area (Å²) in [4.78, 5) is 51.5. The molecule has 0 aliphatic carbocycles. The highest BCUT2D eigenvalue weighted by Crippen LogP contribution is 2.27. The number of hydrogen-bond acceptors (Lipinski definition) is 10. The molecular weight excluding hydrogens is 444 g/mol. The summed E-state index contributed by atoms with van der Waals surface area (Å²) in [6.45, 7) is 4.47. The number of carbonyl (C=O) groups is 4. The van der Waals surface area contributed by atoms with Gasteiger partial charge in [0.1, 0.15) is 16.3 Å². The highest BCUT2D eigenvalue weighted by Gasteiger charge is 2.22. The van der Waals surface area contributed by atoms with Gasteiger partial charge in [-0.2, -0.15) is 0 Å². The minimum Gasteiger partial charge on any atom is -0.510 e. The molecule has 1 aromatic carbocycles. The van der Waals surface area contributed by atoms with Gasteiger partial charge in [0.15, 0.2) is 10.8 Å². The number of aliphatic hydroxyl groups excluding tert-OH is 1. The Kier molecular flexibility index (Phi) is 7.74. The molecule has 0 aliphatic heterocycles. The maximum Gasteiger partial charge on any atom is 0.350 e. The van der Waals surface area contributed by atoms with E-state index >= 15 is 0 Å². The number of aromatic nitrogens is 1. The normalized spacial score (nSPS) is 11.7. The SMILES string of the molecule is CCOC(=O)c1sc(NC(=O)C(N=Nc2c(C(=O)O)cccc2C(=O)O)=C(C)O)nc1C. The standard InChI is InChI=1S/C19H18N4O8S/c1-4-31-18(30)14-8(2)20-19(32-14)21-15(25)12(9(3)24)22-23-13-10(16(26)27)6-5-7-11(13)17(28)29/h5-7,24H,4H2,1-3H3,(H,26,27)(H,28,29)(H,20,21,25). The van der Waals surface area contributed by atoms with Crippen LogP contribution in [0.1, 0.15) is 49.9 Å². The molecule has 0 saturated carbocycles. The van der Waals surface area contributed by atoms with Crippen molar-refractivity contribution in [3.63, 3.8) is 0 Å². The lowest BCUT2D eigenvalue weighted by atomic mass is 10.1. The van der Waals surface area contributed by atoms with Gasteiger partial charge in [-0.1, -0.05) is 17.4 Å². The lowest BCUT2D eigenvalue weighted by Gasteiger charge is -2.05. The van der Waals surface area contributed by atoms with Gasteiger partial charge in [0.2, 0.25) is 0 Å². The van der Waals surface area contributed by atoms with Crippen LogP contribution in [0.3, 0.4) is 0 Å². The maximum atomic E-state index is 12.6. The molecule has 1 amide bonds. The maximum absolute atomic E-state index is 12.6. The van der Waals surface area contributed by atoms with Gasteiger partial charge in [0.25, 0.3) is 5.91 Å². The zero-order valence-electron chi connectivity index (χ0n) is 17.1. The molecule has 32 heavy (non-hydrogen) atoms. The number of aromatic carboxylic acids is 2. The molecule has 0 bridgehead atoms. The fraction of sp³-hybridized carbons (Fsp3) is 0.211. The van der Waals surface area contributed by atoms with Crippen LogP contribution in [0.4, 0.5) is 10.8 Å². The molecule has 13 heteroatoms. The zero-order chi connectivity index (χ0) is 24.0. The Morgan fingerprint density at radius 3 is 2.22 bits per heavy atom. The van der Waals surface area contributed by atoms with Crippen LogP contribution in [0, 0.1) is 6.92 Å². The van der Waals surface area contributed by atoms with Gasteiger partial charge < -0.3 is 20.1 Å². The van der Waals surface area contributed by atoms with Gasteiger partial charge in [0.05, 0.1) is 23.4 Å². The molecule has 2 rings (SSSR count). The smallest absolute Gasteiger partial charge is 0.350 e. The van der Waals surface area contributed by atoms with Gasteiger partial charge >= 0.3 is 17.9 Å². The van der Waals surface area contributed by atoms with Gasteiger partial charge in [0, 0.05) is 0 Å². The molecule has 168 valence electrons. The Balaban J connectivity index is 2.37. The van der Waals surface area contributed by atoms with Crippen LogP contribution >= 0.6 is 11.3 Å². The quantitative estimate of drug-likeness (QED) is 0.197. The molecule has 0 atom stereocenters. The second-order valence-electron chi connectivity index (χ2n) is 6.05. The molecule has 0 aliphatic rings. The first-order chi connectivity index (χ1) is 15.1. The molecule has 1 aromatic heterocycles. The van der Waals surface area contributed by atoms with E-state index in [2.05, 4.69) is 20.5 Å². The van der Waals surface area contributed by atoms with Gasteiger partial charge in [-0.05, 0) is 32.9 Å². The molecular formula is C19H18N4O8S. The average molecular weight is 462 g/mol. The average Bonchev–Trinajstić information content (AvgIpc) is 3.07. The van der Waals surface area contributed by atoms with Crippen LogP contribution in [0.25, 0.3) is 0 Å². The largest absolute Gasteiger partial charge is 0.510 e. The van der Waals surface area contributed by atoms with Gasteiger partial charge in [-0.3, -0.25) is 10.1 Å². The second-order valence-corrected chi connectivity index (χ2v) is 7.05. The van der Waals surface area contributed by atoms with Crippen LogP contribution in [-0.4, -0.2) is 50.7 Å². The van der Waals surface area contributed by atoms with Gasteiger partial charge in [-0.15, -0.1) is 10.2 Å². The molecule has 1 heterocycles. The van der Waals surface area contributed by atoms with Crippen LogP contribution in [0.5, 0.6) is 0 Å². The summed E-state index contributed by atoms with van der Waals surface area (Å²) in [6, 6.07) is 3.46. The van der Waals surface area contributed by atoms with E-state index in [-0.39, 0.29) is 16.6 Å². The Bertz CT molecular complexity index is 1120. The van der Waals surface area contributed by atoms with Crippen molar-refractivity contribution in [2.24, 2.45) is 10.2 Å². The van der Waals surface area contributed by atoms with Crippen LogP contribution in [-0.2, 0) is 9.53 Å². The fourth-order valence-electron chi connectivity index (χ4n) is 2.37. The van der Waals surface area contributed by atoms with E-state index in [1.165, 1.54) is 6.07 Å². The number of aliphatic hydroxyl groups is 1. The Morgan fingerprint density at radius 1 is 1.12 bits per heavy atom. The molecule has 4 N–H and O–H groups in total. The predicted molar refractivity (Wildman–Crippen MR) is 112 cm³/mol. The fourth-order valence-corrected chi connectivity index (χ4v) is 3.23. The monoisotopic (exact) mass is 462 g/mol. The highest BCUT2D eigenvalue weighted by molar-refractivity contribution is 7.17. The molecule has 0 fully saturated rings. The first-order valence-corrected chi connectivity index (χ1v) is 9.75. The minimum atomic E-state index is -1.46. The number of benzene rings is 1. The number of anilines is 1. The lowest BCUT2D eigenvalue weighted by Crippen LogP contribution is -2.14. The minimum absolute atomic E-state index is 0.0154. The van der Waals surface area contributed by atoms with Crippen molar-refractivity contribution in [1.29, 1.82) is 0 Å². The van der Waals surface area contributed by atoms with E-state index in [1.54, 1.807) is 13.8 Å². The number of carbonyl (C=O) groups excluding carboxylic acids is 2. The summed E-state index contributed by atoms with van der Waals surface area (Å²) >= 11 is 0.843. The van der Waals surface area contributed by atoms with Gasteiger partial charge in [-0.25, -0.2) is 19.4 Å². The summed E-state index contributed by atoms with van der Waals surface area (Å²) in [5.41, 5.74) is -1.73. The number of nitrogens with one attached hydrogen (secondary N) is 1. The number of amides is 1. The van der Waals surface area contributed by atoms with E-state index in [9.17, 15) is 34.5 Å². The molecule has 0 saturated heterocycles. The van der Waals surface area contributed by atoms with E-state index in [0.717, 1.165) is 30.4 Å². The van der Waals surface area contributed by atoms with E-state index in [0.29, 0.717) is 5.69 Å². The number of ether oxygens (including phenoxy) is 1. The third kappa shape index (κ3) is 5.51. The number of carboxylic acids is 2. The van der Waals surface area contributed by atoms with Crippen molar-refractivity contribution >= 4 is 46.0 Å². The molecule has 2 aromatic rings. The predicted octanol–water partition coefficient (Wildman–Crippen LogP) is 3.54. The summed E-state index contributed by atoms with van der Waals surface area (Å²) in [7, 11) is 0. The molecule has 0 unspecified atom stereocenters. The number of allylic oxidation sites excluding steroid dienone is 1. The van der Waals surface area contributed by atoms with Crippen molar-refractivity contribution in [3.8, 4) is 0 Å². The summed E-state index contributed by atoms with van der Waals surface area (Å²) in [5, 5.41) is 38.0. The van der Waals surface area contributed by atoms with Crippen molar-refractivity contribution in [1.82, 2.24) is 4.98 Å². The Morgan fingerprint density at radius 2 is 1.72 bits per heavy atom. The third-order valence-corrected chi connectivity index (χ3v) is 4.84. The first-order valence-electron chi connectivity index (χ1n) is 8.93. The van der Waals surface area contributed by atoms with E-state index in [1.807, 2.05) is 0 Å². The third-order valence-electron chi connectivity index (χ3n) is 3.78. The summed E-state index contributed by atoms with van der Waals surface area (Å²) in [5.74, 6) is -5.06. The molecule has 12 nitrogen and oxygen atoms in total. The number of thiazole rings is 1. The number of rotatable bonds is 8. The molecule has 0 spiro atoms. The highest BCUT2D eigenvalue weighted by atomic mass is 32.1. The van der Waals surface area contributed by atoms with Crippen LogP contribution in [0.2, 0.25) is 0 Å². The Hall–Kier alpha value is -4.13. The Labute approximate surface area is 184 Å².